The van der Waals surface area contributed by atoms with Gasteiger partial charge in [-0.25, -0.2) is 4.39 Å². The molecule has 0 unspecified atom stereocenters. The maximum Gasteiger partial charge on any atom is 0.260 e. The molecule has 6 atom stereocenters. The highest BCUT2D eigenvalue weighted by atomic mass is 35.5. The number of ether oxygens (including phenoxy) is 1. The molecular weight excluding hydrogens is 799 g/mol. The molecule has 2 saturated heterocycles. The molecule has 0 bridgehead atoms. The second kappa shape index (κ2) is 15.3. The van der Waals surface area contributed by atoms with E-state index in [1.807, 2.05) is 49.3 Å². The molecular formula is C47H40ClFN6O6. The summed E-state index contributed by atoms with van der Waals surface area (Å²) in [6, 6.07) is 31.2. The average molecular weight is 839 g/mol. The number of benzene rings is 5. The number of methoxy groups -OCH3 is 1. The molecule has 2 aliphatic carbocycles. The molecule has 61 heavy (non-hydrogen) atoms. The van der Waals surface area contributed by atoms with Gasteiger partial charge in [-0.2, -0.15) is 15.2 Å². The standard InChI is InChI=1S/C47H40ClFN6O6/c1-53(2)32-19-15-29(16-20-32)50-51-30-17-21-33(22-18-30)54-43(57)35-24-23-34-37(40(35)45(54)59)25-38-44(58)55(52-31-13-11-28(49)12-14-31)46(60)47(38,26-7-9-27(48)10-8-26)41(34)36-5-4-6-39(61-3)42(36)56/h4-23,35,37-38,40-41,52,56H,24-25H2,1-3H3/t35-,37+,38-,40-,41+,47+/m0/s1. The van der Waals surface area contributed by atoms with Crippen LogP contribution in [-0.2, 0) is 24.6 Å². The first-order valence-corrected chi connectivity index (χ1v) is 20.2. The van der Waals surface area contributed by atoms with Crippen LogP contribution in [0.1, 0.15) is 29.9 Å². The Kier molecular flexibility index (Phi) is 9.94. The minimum Gasteiger partial charge on any atom is -0.504 e. The van der Waals surface area contributed by atoms with Gasteiger partial charge in [-0.05, 0) is 115 Å². The van der Waals surface area contributed by atoms with Crippen LogP contribution >= 0.6 is 11.6 Å². The number of fused-ring (bicyclic) bond motifs is 4. The summed E-state index contributed by atoms with van der Waals surface area (Å²) < 4.78 is 19.5. The quantitative estimate of drug-likeness (QED) is 0.0852. The number of phenolic OH excluding ortho intramolecular Hbond substituents is 1. The van der Waals surface area contributed by atoms with Gasteiger partial charge in [0.15, 0.2) is 11.5 Å². The topological polar surface area (TPSA) is 144 Å². The molecule has 0 aromatic heterocycles. The van der Waals surface area contributed by atoms with Gasteiger partial charge in [0, 0.05) is 36.3 Å². The third kappa shape index (κ3) is 6.42. The van der Waals surface area contributed by atoms with Gasteiger partial charge in [-0.3, -0.25) is 29.5 Å². The number of para-hydroxylation sites is 1. The van der Waals surface area contributed by atoms with E-state index in [-0.39, 0.29) is 30.2 Å². The summed E-state index contributed by atoms with van der Waals surface area (Å²) in [4.78, 5) is 62.6. The first-order valence-electron chi connectivity index (χ1n) is 19.8. The lowest BCUT2D eigenvalue weighted by atomic mass is 9.49. The van der Waals surface area contributed by atoms with Crippen LogP contribution in [0.4, 0.5) is 32.8 Å². The molecule has 3 fully saturated rings. The molecule has 1 saturated carbocycles. The number of anilines is 3. The Morgan fingerprint density at radius 1 is 0.820 bits per heavy atom. The van der Waals surface area contributed by atoms with Crippen LogP contribution in [0.3, 0.4) is 0 Å². The van der Waals surface area contributed by atoms with Crippen LogP contribution in [-0.4, -0.2) is 54.9 Å². The number of imide groups is 2. The van der Waals surface area contributed by atoms with E-state index in [4.69, 9.17) is 16.3 Å². The van der Waals surface area contributed by atoms with Crippen molar-refractivity contribution in [1.82, 2.24) is 5.01 Å². The summed E-state index contributed by atoms with van der Waals surface area (Å²) in [5.41, 5.74) is 5.57. The van der Waals surface area contributed by atoms with Gasteiger partial charge in [-0.1, -0.05) is 47.5 Å². The van der Waals surface area contributed by atoms with E-state index in [9.17, 15) is 23.9 Å². The number of halogens is 2. The molecule has 5 aromatic carbocycles. The number of hydrogen-bond donors (Lipinski definition) is 2. The van der Waals surface area contributed by atoms with E-state index < -0.39 is 58.5 Å². The smallest absolute Gasteiger partial charge is 0.260 e. The van der Waals surface area contributed by atoms with Gasteiger partial charge in [0.05, 0.1) is 53.0 Å². The lowest BCUT2D eigenvalue weighted by Crippen LogP contribution is -2.53. The Hall–Kier alpha value is -6.86. The van der Waals surface area contributed by atoms with Crippen molar-refractivity contribution in [3.05, 3.63) is 149 Å². The van der Waals surface area contributed by atoms with Gasteiger partial charge in [0.25, 0.3) is 11.8 Å². The van der Waals surface area contributed by atoms with E-state index in [0.717, 1.165) is 10.7 Å². The number of carbonyl (C=O) groups is 4. The van der Waals surface area contributed by atoms with Crippen LogP contribution < -0.4 is 20.0 Å². The molecule has 0 spiro atoms. The Labute approximate surface area is 355 Å². The van der Waals surface area contributed by atoms with Gasteiger partial charge in [0.1, 0.15) is 5.82 Å². The number of nitrogens with zero attached hydrogens (tertiary/aromatic N) is 5. The molecule has 9 rings (SSSR count). The molecule has 0 radical (unpaired) electrons. The number of aromatic hydroxyl groups is 1. The van der Waals surface area contributed by atoms with Gasteiger partial charge in [0.2, 0.25) is 11.8 Å². The fraction of sp³-hybridized carbons (Fsp3) is 0.234. The van der Waals surface area contributed by atoms with Gasteiger partial charge >= 0.3 is 0 Å². The summed E-state index contributed by atoms with van der Waals surface area (Å²) in [5, 5.41) is 21.9. The number of phenols is 1. The number of carbonyl (C=O) groups excluding carboxylic acids is 4. The Morgan fingerprint density at radius 3 is 2.11 bits per heavy atom. The number of hydrazine groups is 1. The first-order chi connectivity index (χ1) is 29.4. The monoisotopic (exact) mass is 838 g/mol. The Balaban J connectivity index is 1.12. The molecule has 5 aromatic rings. The molecule has 2 N–H and O–H groups in total. The van der Waals surface area contributed by atoms with Gasteiger partial charge < -0.3 is 14.7 Å². The molecule has 4 amide bonds. The summed E-state index contributed by atoms with van der Waals surface area (Å²) >= 11 is 6.39. The van der Waals surface area contributed by atoms with E-state index in [0.29, 0.717) is 44.5 Å². The first kappa shape index (κ1) is 39.6. The normalized spacial score (nSPS) is 24.4. The van der Waals surface area contributed by atoms with Crippen LogP contribution in [0.2, 0.25) is 5.02 Å². The fourth-order valence-corrected chi connectivity index (χ4v) is 9.92. The molecule has 4 aliphatic rings. The number of nitrogens with one attached hydrogen (secondary N) is 1. The van der Waals surface area contributed by atoms with Crippen molar-refractivity contribution in [3.8, 4) is 11.5 Å². The predicted molar refractivity (Wildman–Crippen MR) is 228 cm³/mol. The van der Waals surface area contributed by atoms with Crippen LogP contribution in [0, 0.1) is 29.5 Å². The van der Waals surface area contributed by atoms with E-state index in [1.54, 1.807) is 66.7 Å². The third-order valence-electron chi connectivity index (χ3n) is 12.6. The molecule has 12 nitrogen and oxygen atoms in total. The van der Waals surface area contributed by atoms with Crippen LogP contribution in [0.5, 0.6) is 11.5 Å². The molecule has 2 aliphatic heterocycles. The van der Waals surface area contributed by atoms with Crippen molar-refractivity contribution in [3.63, 3.8) is 0 Å². The second-order valence-electron chi connectivity index (χ2n) is 15.9. The number of rotatable bonds is 9. The van der Waals surface area contributed by atoms with Gasteiger partial charge in [-0.15, -0.1) is 0 Å². The third-order valence-corrected chi connectivity index (χ3v) is 12.8. The maximum atomic E-state index is 15.4. The number of azo groups is 1. The summed E-state index contributed by atoms with van der Waals surface area (Å²) in [6.45, 7) is 0. The minimum atomic E-state index is -1.67. The Bertz CT molecular complexity index is 2640. The Morgan fingerprint density at radius 2 is 1.48 bits per heavy atom. The van der Waals surface area contributed by atoms with Crippen LogP contribution in [0.25, 0.3) is 0 Å². The second-order valence-corrected chi connectivity index (χ2v) is 16.3. The zero-order valence-corrected chi connectivity index (χ0v) is 34.1. The minimum absolute atomic E-state index is 0.0325. The molecule has 308 valence electrons. The van der Waals surface area contributed by atoms with Crippen molar-refractivity contribution >= 4 is 63.7 Å². The molecule has 2 heterocycles. The van der Waals surface area contributed by atoms with E-state index >= 15 is 4.79 Å². The summed E-state index contributed by atoms with van der Waals surface area (Å²) in [6.07, 6.45) is 2.11. The zero-order valence-electron chi connectivity index (χ0n) is 33.3. The number of amides is 4. The fourth-order valence-electron chi connectivity index (χ4n) is 9.79. The van der Waals surface area contributed by atoms with E-state index in [1.165, 1.54) is 36.3 Å². The highest BCUT2D eigenvalue weighted by molar-refractivity contribution is 6.30. The maximum absolute atomic E-state index is 15.4. The largest absolute Gasteiger partial charge is 0.504 e. The van der Waals surface area contributed by atoms with Crippen molar-refractivity contribution in [2.45, 2.75) is 24.2 Å². The highest BCUT2D eigenvalue weighted by Crippen LogP contribution is 2.65. The predicted octanol–water partition coefficient (Wildman–Crippen LogP) is 8.86. The lowest BCUT2D eigenvalue weighted by Gasteiger charge is -2.50. The van der Waals surface area contributed by atoms with E-state index in [2.05, 4.69) is 15.7 Å². The number of hydrogen-bond acceptors (Lipinski definition) is 10. The summed E-state index contributed by atoms with van der Waals surface area (Å²) in [5.74, 6) is -6.96. The summed E-state index contributed by atoms with van der Waals surface area (Å²) in [7, 11) is 5.32. The van der Waals surface area contributed by atoms with Crippen molar-refractivity contribution < 1.29 is 33.4 Å². The van der Waals surface area contributed by atoms with Crippen molar-refractivity contribution in [2.75, 3.05) is 36.4 Å². The SMILES string of the molecule is COc1cccc([C@H]2C3=CC[C@@H]4C(=O)N(c5ccc(N=Nc6ccc(N(C)C)cc6)cc5)C(=O)[C@@H]4[C@@H]3C[C@H]3C(=O)N(Nc4ccc(F)cc4)C(=O)[C@@]23c2ccc(Cl)cc2)c1O. The highest BCUT2D eigenvalue weighted by Gasteiger charge is 2.70. The zero-order chi connectivity index (χ0) is 42.7. The molecule has 14 heteroatoms. The van der Waals surface area contributed by atoms with Crippen molar-refractivity contribution in [2.24, 2.45) is 33.9 Å². The van der Waals surface area contributed by atoms with Crippen molar-refractivity contribution in [1.29, 1.82) is 0 Å². The average Bonchev–Trinajstić information content (AvgIpc) is 3.65. The number of allylic oxidation sites excluding steroid dienone is 2. The van der Waals surface area contributed by atoms with Crippen LogP contribution in [0.15, 0.2) is 137 Å². The lowest BCUT2D eigenvalue weighted by molar-refractivity contribution is -0.138.